The van der Waals surface area contributed by atoms with E-state index in [1.54, 1.807) is 5.06 Å². The van der Waals surface area contributed by atoms with Crippen LogP contribution in [-0.2, 0) is 11.4 Å². The van der Waals surface area contributed by atoms with E-state index in [0.717, 1.165) is 9.90 Å². The fraction of sp³-hybridized carbons (Fsp3) is 0.500. The average Bonchev–Trinajstić information content (AvgIpc) is 2.62. The van der Waals surface area contributed by atoms with Gasteiger partial charge in [-0.1, -0.05) is 11.6 Å². The number of hydrogen-bond donors (Lipinski definition) is 1. The lowest BCUT2D eigenvalue weighted by Gasteiger charge is -2.11. The number of aliphatic hydroxyl groups is 1. The van der Waals surface area contributed by atoms with Crippen LogP contribution in [0.4, 0.5) is 0 Å². The van der Waals surface area contributed by atoms with Crippen molar-refractivity contribution in [2.24, 2.45) is 0 Å². The van der Waals surface area contributed by atoms with Crippen LogP contribution in [-0.4, -0.2) is 29.4 Å². The van der Waals surface area contributed by atoms with Crippen LogP contribution in [0.1, 0.15) is 5.56 Å². The van der Waals surface area contributed by atoms with Gasteiger partial charge in [0.05, 0.1) is 30.1 Å². The van der Waals surface area contributed by atoms with E-state index in [4.69, 9.17) is 16.4 Å². The molecule has 0 spiro atoms. The summed E-state index contributed by atoms with van der Waals surface area (Å²) in [5, 5.41) is 12.9. The molecule has 13 heavy (non-hydrogen) atoms. The molecular weight excluding hydrogens is 210 g/mol. The maximum absolute atomic E-state index is 9.19. The Morgan fingerprint density at radius 3 is 3.15 bits per heavy atom. The minimum Gasteiger partial charge on any atom is -0.389 e. The molecule has 1 aromatic heterocycles. The summed E-state index contributed by atoms with van der Waals surface area (Å²) in [7, 11) is 0. The number of thiophene rings is 1. The van der Waals surface area contributed by atoms with Gasteiger partial charge in [-0.05, 0) is 17.0 Å². The van der Waals surface area contributed by atoms with Gasteiger partial charge in [-0.2, -0.15) is 5.06 Å². The summed E-state index contributed by atoms with van der Waals surface area (Å²) >= 11 is 7.29. The van der Waals surface area contributed by atoms with Crippen molar-refractivity contribution < 1.29 is 9.94 Å². The molecule has 2 heterocycles. The fourth-order valence-electron chi connectivity index (χ4n) is 1.27. The third kappa shape index (κ3) is 2.42. The van der Waals surface area contributed by atoms with Gasteiger partial charge in [0.25, 0.3) is 0 Å². The van der Waals surface area contributed by atoms with Crippen molar-refractivity contribution in [3.8, 4) is 0 Å². The average molecular weight is 220 g/mol. The molecule has 0 aromatic carbocycles. The lowest BCUT2D eigenvalue weighted by Crippen LogP contribution is -2.20. The smallest absolute Gasteiger partial charge is 0.0958 e. The van der Waals surface area contributed by atoms with Crippen molar-refractivity contribution in [3.63, 3.8) is 0 Å². The number of halogens is 1. The van der Waals surface area contributed by atoms with Crippen molar-refractivity contribution in [2.75, 3.05) is 13.2 Å². The Balaban J connectivity index is 1.91. The molecule has 1 fully saturated rings. The topological polar surface area (TPSA) is 32.7 Å². The molecule has 1 N–H and O–H groups in total. The molecule has 1 saturated heterocycles. The van der Waals surface area contributed by atoms with E-state index in [2.05, 4.69) is 0 Å². The zero-order chi connectivity index (χ0) is 9.26. The van der Waals surface area contributed by atoms with Gasteiger partial charge >= 0.3 is 0 Å². The molecule has 3 nitrogen and oxygen atoms in total. The van der Waals surface area contributed by atoms with E-state index in [-0.39, 0.29) is 6.10 Å². The highest BCUT2D eigenvalue weighted by Crippen LogP contribution is 2.22. The first-order valence-electron chi connectivity index (χ1n) is 4.03. The highest BCUT2D eigenvalue weighted by molar-refractivity contribution is 7.14. The number of nitrogens with zero attached hydrogens (tertiary/aromatic N) is 1. The molecule has 72 valence electrons. The van der Waals surface area contributed by atoms with Gasteiger partial charge in [-0.25, -0.2) is 0 Å². The molecule has 0 amide bonds. The van der Waals surface area contributed by atoms with Crippen LogP contribution in [0.25, 0.3) is 0 Å². The van der Waals surface area contributed by atoms with Crippen molar-refractivity contribution in [2.45, 2.75) is 12.6 Å². The molecule has 1 aliphatic rings. The summed E-state index contributed by atoms with van der Waals surface area (Å²) in [6.45, 7) is 1.67. The summed E-state index contributed by atoms with van der Waals surface area (Å²) in [5.74, 6) is 0. The SMILES string of the molecule is O[C@H]1CON(Cc2csc(Cl)c2)C1. The monoisotopic (exact) mass is 219 g/mol. The molecule has 0 aliphatic carbocycles. The zero-order valence-electron chi connectivity index (χ0n) is 6.94. The molecule has 1 aliphatic heterocycles. The van der Waals surface area contributed by atoms with E-state index >= 15 is 0 Å². The van der Waals surface area contributed by atoms with Crippen molar-refractivity contribution in [1.82, 2.24) is 5.06 Å². The number of aliphatic hydroxyl groups excluding tert-OH is 1. The Kier molecular flexibility index (Phi) is 2.86. The predicted octanol–water partition coefficient (Wildman–Crippen LogP) is 1.51. The minimum atomic E-state index is -0.353. The Hall–Kier alpha value is -0.130. The highest BCUT2D eigenvalue weighted by atomic mass is 35.5. The first-order valence-corrected chi connectivity index (χ1v) is 5.28. The van der Waals surface area contributed by atoms with Crippen molar-refractivity contribution >= 4 is 22.9 Å². The van der Waals surface area contributed by atoms with Gasteiger partial charge in [-0.3, -0.25) is 4.84 Å². The summed E-state index contributed by atoms with van der Waals surface area (Å²) in [6.07, 6.45) is -0.353. The molecule has 5 heteroatoms. The summed E-state index contributed by atoms with van der Waals surface area (Å²) in [5.41, 5.74) is 1.13. The molecule has 1 aromatic rings. The Bertz CT molecular complexity index is 291. The molecule has 0 unspecified atom stereocenters. The molecule has 0 saturated carbocycles. The van der Waals surface area contributed by atoms with E-state index in [1.807, 2.05) is 11.4 Å². The normalized spacial score (nSPS) is 24.0. The number of β-amino-alcohol motifs (C(OH)–C–C–N with tert-alkyl or cyclic N) is 1. The molecule has 1 atom stereocenters. The highest BCUT2D eigenvalue weighted by Gasteiger charge is 2.21. The van der Waals surface area contributed by atoms with Crippen LogP contribution in [0.2, 0.25) is 4.34 Å². The van der Waals surface area contributed by atoms with Gasteiger partial charge < -0.3 is 5.11 Å². The maximum Gasteiger partial charge on any atom is 0.0958 e. The van der Waals surface area contributed by atoms with Crippen LogP contribution >= 0.6 is 22.9 Å². The minimum absolute atomic E-state index is 0.353. The Labute approximate surface area is 85.5 Å². The second-order valence-electron chi connectivity index (χ2n) is 3.03. The second-order valence-corrected chi connectivity index (χ2v) is 4.57. The Morgan fingerprint density at radius 1 is 1.77 bits per heavy atom. The molecule has 0 radical (unpaired) electrons. The summed E-state index contributed by atoms with van der Waals surface area (Å²) in [6, 6.07) is 1.92. The van der Waals surface area contributed by atoms with E-state index in [0.29, 0.717) is 19.7 Å². The largest absolute Gasteiger partial charge is 0.389 e. The quantitative estimate of drug-likeness (QED) is 0.819. The third-order valence-electron chi connectivity index (χ3n) is 1.84. The Morgan fingerprint density at radius 2 is 2.62 bits per heavy atom. The maximum atomic E-state index is 9.19. The fourth-order valence-corrected chi connectivity index (χ4v) is 2.17. The second kappa shape index (κ2) is 3.94. The van der Waals surface area contributed by atoms with E-state index in [1.165, 1.54) is 11.3 Å². The lowest BCUT2D eigenvalue weighted by molar-refractivity contribution is -0.117. The molecule has 0 bridgehead atoms. The van der Waals surface area contributed by atoms with Crippen LogP contribution < -0.4 is 0 Å². The molecule has 2 rings (SSSR count). The predicted molar refractivity (Wildman–Crippen MR) is 51.7 cm³/mol. The van der Waals surface area contributed by atoms with Crippen LogP contribution in [0.15, 0.2) is 11.4 Å². The van der Waals surface area contributed by atoms with Crippen molar-refractivity contribution in [1.29, 1.82) is 0 Å². The number of hydrogen-bond acceptors (Lipinski definition) is 4. The van der Waals surface area contributed by atoms with Gasteiger partial charge in [0.2, 0.25) is 0 Å². The van der Waals surface area contributed by atoms with Gasteiger partial charge in [0, 0.05) is 0 Å². The van der Waals surface area contributed by atoms with Gasteiger partial charge in [0.15, 0.2) is 0 Å². The van der Waals surface area contributed by atoms with Crippen LogP contribution in [0, 0.1) is 0 Å². The van der Waals surface area contributed by atoms with E-state index < -0.39 is 0 Å². The molecular formula is C8H10ClNO2S. The van der Waals surface area contributed by atoms with Crippen LogP contribution in [0.3, 0.4) is 0 Å². The first-order chi connectivity index (χ1) is 6.24. The number of hydroxylamine groups is 2. The first kappa shape index (κ1) is 9.43. The lowest BCUT2D eigenvalue weighted by atomic mass is 10.3. The van der Waals surface area contributed by atoms with Gasteiger partial charge in [-0.15, -0.1) is 11.3 Å². The van der Waals surface area contributed by atoms with Gasteiger partial charge in [0.1, 0.15) is 0 Å². The zero-order valence-corrected chi connectivity index (χ0v) is 8.51. The summed E-state index contributed by atoms with van der Waals surface area (Å²) < 4.78 is 0.787. The standard InChI is InChI=1S/C8H10ClNO2S/c9-8-1-6(5-13-8)2-10-3-7(11)4-12-10/h1,5,7,11H,2-4H2/t7-/m1/s1. The van der Waals surface area contributed by atoms with E-state index in [9.17, 15) is 5.11 Å². The van der Waals surface area contributed by atoms with Crippen molar-refractivity contribution in [3.05, 3.63) is 21.3 Å². The summed E-state index contributed by atoms with van der Waals surface area (Å²) in [4.78, 5) is 5.22. The van der Waals surface area contributed by atoms with Crippen LogP contribution in [0.5, 0.6) is 0 Å². The third-order valence-corrected chi connectivity index (χ3v) is 2.98. The number of rotatable bonds is 2.